The molecular formula is C18H26N2O4. The van der Waals surface area contributed by atoms with Crippen LogP contribution in [0.1, 0.15) is 31.2 Å². The molecule has 6 heteroatoms. The number of nitrogens with two attached hydrogens (primary N) is 1. The third-order valence-electron chi connectivity index (χ3n) is 5.00. The molecule has 1 aromatic carbocycles. The molecule has 132 valence electrons. The molecule has 1 aliphatic heterocycles. The summed E-state index contributed by atoms with van der Waals surface area (Å²) in [5.74, 6) is 1.43. The molecule has 24 heavy (non-hydrogen) atoms. The number of ether oxygens (including phenoxy) is 3. The maximum atomic E-state index is 12.1. The van der Waals surface area contributed by atoms with Gasteiger partial charge in [-0.2, -0.15) is 0 Å². The first kappa shape index (κ1) is 17.0. The van der Waals surface area contributed by atoms with E-state index in [1.165, 1.54) is 5.56 Å². The van der Waals surface area contributed by atoms with Gasteiger partial charge in [0.15, 0.2) is 11.5 Å². The minimum atomic E-state index is -0.631. The number of methoxy groups -OCH3 is 1. The van der Waals surface area contributed by atoms with Crippen LogP contribution in [0.2, 0.25) is 0 Å². The molecule has 3 rings (SSSR count). The highest BCUT2D eigenvalue weighted by Gasteiger charge is 2.37. The summed E-state index contributed by atoms with van der Waals surface area (Å²) in [6.45, 7) is 1.97. The second-order valence-electron chi connectivity index (χ2n) is 6.63. The lowest BCUT2D eigenvalue weighted by molar-refractivity contribution is -0.123. The molecule has 6 nitrogen and oxygen atoms in total. The van der Waals surface area contributed by atoms with Gasteiger partial charge in [-0.25, -0.2) is 0 Å². The molecule has 0 saturated heterocycles. The maximum absolute atomic E-state index is 12.1. The summed E-state index contributed by atoms with van der Waals surface area (Å²) in [7, 11) is 1.54. The van der Waals surface area contributed by atoms with Crippen LogP contribution in [0.4, 0.5) is 0 Å². The molecule has 1 atom stereocenters. The lowest BCUT2D eigenvalue weighted by Crippen LogP contribution is -2.47. The molecule has 2 aliphatic rings. The Morgan fingerprint density at radius 3 is 2.71 bits per heavy atom. The molecule has 1 unspecified atom stereocenters. The minimum Gasteiger partial charge on any atom is -0.486 e. The number of rotatable bonds is 6. The summed E-state index contributed by atoms with van der Waals surface area (Å²) in [6.07, 6.45) is 4.42. The van der Waals surface area contributed by atoms with Crippen molar-refractivity contribution in [2.75, 3.05) is 33.5 Å². The van der Waals surface area contributed by atoms with Crippen LogP contribution in [-0.2, 0) is 14.9 Å². The molecule has 1 aliphatic carbocycles. The van der Waals surface area contributed by atoms with Gasteiger partial charge in [0.1, 0.15) is 19.3 Å². The van der Waals surface area contributed by atoms with Gasteiger partial charge < -0.3 is 25.3 Å². The predicted molar refractivity (Wildman–Crippen MR) is 90.4 cm³/mol. The number of nitrogens with one attached hydrogen (secondary N) is 1. The Labute approximate surface area is 142 Å². The summed E-state index contributed by atoms with van der Waals surface area (Å²) in [5, 5.41) is 3.01. The Bertz CT molecular complexity index is 584. The lowest BCUT2D eigenvalue weighted by Gasteiger charge is -2.31. The van der Waals surface area contributed by atoms with Gasteiger partial charge in [0.05, 0.1) is 6.61 Å². The molecule has 0 bridgehead atoms. The van der Waals surface area contributed by atoms with Crippen LogP contribution >= 0.6 is 0 Å². The van der Waals surface area contributed by atoms with Crippen LogP contribution in [0, 0.1) is 0 Å². The first-order valence-corrected chi connectivity index (χ1v) is 8.57. The molecule has 1 fully saturated rings. The Balaban J connectivity index is 1.75. The fourth-order valence-corrected chi connectivity index (χ4v) is 3.64. The highest BCUT2D eigenvalue weighted by molar-refractivity contribution is 5.81. The second kappa shape index (κ2) is 7.40. The van der Waals surface area contributed by atoms with Crippen molar-refractivity contribution in [3.05, 3.63) is 23.8 Å². The average Bonchev–Trinajstić information content (AvgIpc) is 3.09. The zero-order valence-corrected chi connectivity index (χ0v) is 14.2. The predicted octanol–water partition coefficient (Wildman–Crippen LogP) is 1.36. The zero-order chi connectivity index (χ0) is 17.0. The number of benzene rings is 1. The van der Waals surface area contributed by atoms with Gasteiger partial charge in [-0.15, -0.1) is 0 Å². The number of carbonyl (C=O) groups excluding carboxylic acids is 1. The fourth-order valence-electron chi connectivity index (χ4n) is 3.64. The highest BCUT2D eigenvalue weighted by atomic mass is 16.6. The third kappa shape index (κ3) is 3.49. The Hall–Kier alpha value is -1.79. The van der Waals surface area contributed by atoms with Crippen molar-refractivity contribution in [3.63, 3.8) is 0 Å². The Morgan fingerprint density at radius 1 is 1.29 bits per heavy atom. The summed E-state index contributed by atoms with van der Waals surface area (Å²) in [4.78, 5) is 12.1. The van der Waals surface area contributed by atoms with E-state index in [-0.39, 0.29) is 17.9 Å². The van der Waals surface area contributed by atoms with E-state index < -0.39 is 6.04 Å². The van der Waals surface area contributed by atoms with E-state index in [4.69, 9.17) is 19.9 Å². The van der Waals surface area contributed by atoms with Crippen LogP contribution in [0.25, 0.3) is 0 Å². The molecule has 0 radical (unpaired) electrons. The van der Waals surface area contributed by atoms with Crippen molar-refractivity contribution >= 4 is 5.91 Å². The summed E-state index contributed by atoms with van der Waals surface area (Å²) >= 11 is 0. The topological polar surface area (TPSA) is 82.8 Å². The van der Waals surface area contributed by atoms with E-state index >= 15 is 0 Å². The number of carbonyl (C=O) groups is 1. The zero-order valence-electron chi connectivity index (χ0n) is 14.2. The van der Waals surface area contributed by atoms with Crippen LogP contribution in [0.15, 0.2) is 18.2 Å². The smallest absolute Gasteiger partial charge is 0.239 e. The van der Waals surface area contributed by atoms with Crippen molar-refractivity contribution in [1.82, 2.24) is 5.32 Å². The van der Waals surface area contributed by atoms with Crippen molar-refractivity contribution in [3.8, 4) is 11.5 Å². The van der Waals surface area contributed by atoms with Crippen LogP contribution in [0.5, 0.6) is 11.5 Å². The first-order valence-electron chi connectivity index (χ1n) is 8.57. The van der Waals surface area contributed by atoms with E-state index in [9.17, 15) is 4.79 Å². The van der Waals surface area contributed by atoms with Gasteiger partial charge in [0.25, 0.3) is 0 Å². The lowest BCUT2D eigenvalue weighted by atomic mass is 9.78. The quantitative estimate of drug-likeness (QED) is 0.821. The van der Waals surface area contributed by atoms with Crippen LogP contribution in [-0.4, -0.2) is 45.4 Å². The normalized spacial score (nSPS) is 19.8. The Morgan fingerprint density at radius 2 is 2.00 bits per heavy atom. The minimum absolute atomic E-state index is 0.0573. The SMILES string of the molecule is COCC(N)C(=O)NCC1(c2ccc3c(c2)OCCO3)CCCC1. The standard InChI is InChI=1S/C18H26N2O4/c1-22-11-14(19)17(21)20-12-18(6-2-3-7-18)13-4-5-15-16(10-13)24-9-8-23-15/h4-5,10,14H,2-3,6-9,11-12,19H2,1H3,(H,20,21). The fraction of sp³-hybridized carbons (Fsp3) is 0.611. The van der Waals surface area contributed by atoms with Crippen molar-refractivity contribution in [2.45, 2.75) is 37.1 Å². The molecule has 1 aromatic rings. The van der Waals surface area contributed by atoms with Gasteiger partial charge in [-0.3, -0.25) is 4.79 Å². The van der Waals surface area contributed by atoms with Crippen molar-refractivity contribution in [2.24, 2.45) is 5.73 Å². The summed E-state index contributed by atoms with van der Waals surface area (Å²) < 4.78 is 16.3. The number of amides is 1. The van der Waals surface area contributed by atoms with E-state index in [0.717, 1.165) is 37.2 Å². The van der Waals surface area contributed by atoms with Gasteiger partial charge in [0.2, 0.25) is 5.91 Å². The molecule has 3 N–H and O–H groups in total. The molecule has 1 amide bonds. The molecular weight excluding hydrogens is 308 g/mol. The largest absolute Gasteiger partial charge is 0.486 e. The first-order chi connectivity index (χ1) is 11.6. The number of fused-ring (bicyclic) bond motifs is 1. The van der Waals surface area contributed by atoms with Crippen LogP contribution < -0.4 is 20.5 Å². The number of hydrogen-bond donors (Lipinski definition) is 2. The van der Waals surface area contributed by atoms with E-state index in [0.29, 0.717) is 19.8 Å². The monoisotopic (exact) mass is 334 g/mol. The summed E-state index contributed by atoms with van der Waals surface area (Å²) in [6, 6.07) is 5.51. The molecule has 0 spiro atoms. The Kier molecular flexibility index (Phi) is 5.26. The molecule has 1 saturated carbocycles. The van der Waals surface area contributed by atoms with Gasteiger partial charge in [0, 0.05) is 19.1 Å². The van der Waals surface area contributed by atoms with Gasteiger partial charge >= 0.3 is 0 Å². The average molecular weight is 334 g/mol. The number of hydrogen-bond acceptors (Lipinski definition) is 5. The van der Waals surface area contributed by atoms with Gasteiger partial charge in [-0.05, 0) is 30.5 Å². The van der Waals surface area contributed by atoms with Crippen molar-refractivity contribution < 1.29 is 19.0 Å². The third-order valence-corrected chi connectivity index (χ3v) is 5.00. The van der Waals surface area contributed by atoms with Gasteiger partial charge in [-0.1, -0.05) is 18.9 Å². The molecule has 0 aromatic heterocycles. The maximum Gasteiger partial charge on any atom is 0.239 e. The van der Waals surface area contributed by atoms with E-state index in [1.54, 1.807) is 7.11 Å². The molecule has 1 heterocycles. The highest BCUT2D eigenvalue weighted by Crippen LogP contribution is 2.43. The summed E-state index contributed by atoms with van der Waals surface area (Å²) in [5.41, 5.74) is 6.95. The van der Waals surface area contributed by atoms with Crippen molar-refractivity contribution in [1.29, 1.82) is 0 Å². The second-order valence-corrected chi connectivity index (χ2v) is 6.63. The van der Waals surface area contributed by atoms with Crippen LogP contribution in [0.3, 0.4) is 0 Å². The van der Waals surface area contributed by atoms with E-state index in [2.05, 4.69) is 17.4 Å². The van der Waals surface area contributed by atoms with E-state index in [1.807, 2.05) is 6.07 Å².